The van der Waals surface area contributed by atoms with Gasteiger partial charge in [-0.1, -0.05) is 161 Å². The minimum Gasteiger partial charge on any atom is -0.498 e. The number of hydrogen-bond donors (Lipinski definition) is 3. The van der Waals surface area contributed by atoms with Gasteiger partial charge in [0.05, 0.1) is 19.5 Å². The maximum Gasteiger partial charge on any atom is 0.472 e. The summed E-state index contributed by atoms with van der Waals surface area (Å²) in [4.78, 5) is 33.5. The average Bonchev–Trinajstić information content (AvgIpc) is 3.13. The van der Waals surface area contributed by atoms with E-state index in [0.29, 0.717) is 6.42 Å². The van der Waals surface area contributed by atoms with Gasteiger partial charge >= 0.3 is 19.8 Å². The number of phosphoric acid groups is 1. The van der Waals surface area contributed by atoms with E-state index in [1.807, 2.05) is 6.08 Å². The molecule has 3 atom stereocenters. The van der Waals surface area contributed by atoms with Gasteiger partial charge in [0.1, 0.15) is 12.6 Å². The van der Waals surface area contributed by atoms with Gasteiger partial charge in [0.25, 0.3) is 0 Å². The topological polar surface area (TPSA) is 155 Å². The Morgan fingerprint density at radius 3 is 1.43 bits per heavy atom. The Balaban J connectivity index is 4.29. The van der Waals surface area contributed by atoms with Crippen LogP contribution < -0.4 is 5.73 Å². The molecule has 0 heterocycles. The van der Waals surface area contributed by atoms with Crippen molar-refractivity contribution in [2.75, 3.05) is 19.8 Å². The first-order chi connectivity index (χ1) is 25.7. The summed E-state index contributed by atoms with van der Waals surface area (Å²) < 4.78 is 33.1. The number of carbonyl (C=O) groups is 2. The lowest BCUT2D eigenvalue weighted by Crippen LogP contribution is -2.34. The van der Waals surface area contributed by atoms with Crippen LogP contribution in [0.3, 0.4) is 0 Å². The second-order valence-electron chi connectivity index (χ2n) is 14.5. The summed E-state index contributed by atoms with van der Waals surface area (Å²) in [5.74, 6) is -1.81. The summed E-state index contributed by atoms with van der Waals surface area (Å²) in [5, 5.41) is 8.88. The molecule has 0 saturated heterocycles. The van der Waals surface area contributed by atoms with E-state index in [1.165, 1.54) is 135 Å². The van der Waals surface area contributed by atoms with E-state index in [1.54, 1.807) is 6.26 Å². The van der Waals surface area contributed by atoms with Gasteiger partial charge in [-0.2, -0.15) is 0 Å². The van der Waals surface area contributed by atoms with E-state index in [-0.39, 0.29) is 13.0 Å². The van der Waals surface area contributed by atoms with E-state index in [2.05, 4.69) is 26.0 Å². The molecule has 0 saturated carbocycles. The summed E-state index contributed by atoms with van der Waals surface area (Å²) in [6.45, 7) is 3.27. The van der Waals surface area contributed by atoms with E-state index < -0.39 is 45.1 Å². The van der Waals surface area contributed by atoms with Gasteiger partial charge < -0.3 is 25.2 Å². The summed E-state index contributed by atoms with van der Waals surface area (Å²) in [6, 6.07) is -1.48. The summed E-state index contributed by atoms with van der Waals surface area (Å²) in [7, 11) is -4.63. The van der Waals surface area contributed by atoms with Gasteiger partial charge in [0, 0.05) is 6.42 Å². The van der Waals surface area contributed by atoms with E-state index in [4.69, 9.17) is 29.4 Å². The highest BCUT2D eigenvalue weighted by molar-refractivity contribution is 7.47. The number of phosphoric ester groups is 1. The molecule has 0 aromatic rings. The van der Waals surface area contributed by atoms with Crippen molar-refractivity contribution in [2.24, 2.45) is 5.73 Å². The second kappa shape index (κ2) is 38.6. The van der Waals surface area contributed by atoms with E-state index >= 15 is 0 Å². The lowest BCUT2D eigenvalue weighted by Gasteiger charge is -2.20. The van der Waals surface area contributed by atoms with Crippen LogP contribution in [0.15, 0.2) is 24.5 Å². The molecule has 11 heteroatoms. The monoisotopic (exact) mass is 774 g/mol. The number of ether oxygens (including phenoxy) is 2. The molecule has 1 unspecified atom stereocenters. The van der Waals surface area contributed by atoms with E-state index in [9.17, 15) is 19.0 Å². The molecular weight excluding hydrogens is 693 g/mol. The van der Waals surface area contributed by atoms with Crippen molar-refractivity contribution < 1.29 is 42.7 Å². The maximum absolute atomic E-state index is 12.6. The molecule has 0 rings (SSSR count). The highest BCUT2D eigenvalue weighted by atomic mass is 31.2. The Morgan fingerprint density at radius 1 is 0.585 bits per heavy atom. The Kier molecular flexibility index (Phi) is 37.3. The smallest absolute Gasteiger partial charge is 0.472 e. The summed E-state index contributed by atoms with van der Waals surface area (Å²) >= 11 is 0. The molecule has 0 fully saturated rings. The van der Waals surface area contributed by atoms with Gasteiger partial charge in [-0.15, -0.1) is 0 Å². The first kappa shape index (κ1) is 51.3. The fourth-order valence-corrected chi connectivity index (χ4v) is 6.70. The Hall–Kier alpha value is -1.71. The highest BCUT2D eigenvalue weighted by Crippen LogP contribution is 2.43. The molecule has 53 heavy (non-hydrogen) atoms. The number of carboxylic acid groups (broad SMARTS) is 1. The van der Waals surface area contributed by atoms with Crippen molar-refractivity contribution in [1.29, 1.82) is 0 Å². The zero-order valence-electron chi connectivity index (χ0n) is 33.9. The van der Waals surface area contributed by atoms with Gasteiger partial charge in [0.2, 0.25) is 0 Å². The first-order valence-electron chi connectivity index (χ1n) is 21.4. The first-order valence-corrected chi connectivity index (χ1v) is 22.9. The van der Waals surface area contributed by atoms with Crippen LogP contribution in [0.5, 0.6) is 0 Å². The third-order valence-corrected chi connectivity index (χ3v) is 10.2. The third-order valence-electron chi connectivity index (χ3n) is 9.30. The fraction of sp³-hybridized carbons (Fsp3) is 0.857. The number of nitrogens with two attached hydrogens (primary N) is 1. The normalized spacial score (nSPS) is 14.1. The molecule has 0 aromatic carbocycles. The number of aliphatic carboxylic acids is 1. The predicted octanol–water partition coefficient (Wildman–Crippen LogP) is 11.9. The largest absolute Gasteiger partial charge is 0.498 e. The fourth-order valence-electron chi connectivity index (χ4n) is 5.92. The number of unbranched alkanes of at least 4 members (excludes halogenated alkanes) is 25. The molecule has 0 spiro atoms. The number of esters is 1. The quantitative estimate of drug-likeness (QED) is 0.0180. The van der Waals surface area contributed by atoms with Crippen molar-refractivity contribution in [3.8, 4) is 0 Å². The van der Waals surface area contributed by atoms with Crippen LogP contribution in [0.4, 0.5) is 0 Å². The molecule has 0 aromatic heterocycles. The van der Waals surface area contributed by atoms with Gasteiger partial charge in [0.15, 0.2) is 6.10 Å². The lowest BCUT2D eigenvalue weighted by atomic mass is 10.0. The standard InChI is InChI=1S/C42H80NO9P/c1-3-5-7-9-11-13-15-17-19-20-21-22-24-26-28-30-32-34-41(44)52-39(37-50-53(47,48)51-38-40(43)42(45)46)36-49-35-33-31-29-27-25-23-18-16-14-12-10-8-6-4-2/h17,19,33,35,39-40H,3-16,18,20-32,34,36-38,43H2,1-2H3,(H,45,46)(H,47,48)/b19-17-,35-33-/t39-,40+/m1/s1. The Labute approximate surface area is 324 Å². The van der Waals surface area contributed by atoms with Gasteiger partial charge in [-0.3, -0.25) is 18.6 Å². The van der Waals surface area contributed by atoms with Crippen LogP contribution in [-0.2, 0) is 32.7 Å². The van der Waals surface area contributed by atoms with Crippen LogP contribution in [0, 0.1) is 0 Å². The molecule has 0 amide bonds. The summed E-state index contributed by atoms with van der Waals surface area (Å²) in [6.07, 6.45) is 41.7. The maximum atomic E-state index is 12.6. The molecule has 10 nitrogen and oxygen atoms in total. The number of rotatable bonds is 41. The minimum atomic E-state index is -4.63. The van der Waals surface area contributed by atoms with Crippen molar-refractivity contribution in [3.05, 3.63) is 24.5 Å². The van der Waals surface area contributed by atoms with Crippen molar-refractivity contribution in [3.63, 3.8) is 0 Å². The lowest BCUT2D eigenvalue weighted by molar-refractivity contribution is -0.153. The number of carboxylic acids is 1. The Morgan fingerprint density at radius 2 is 0.981 bits per heavy atom. The molecular formula is C42H80NO9P. The zero-order valence-corrected chi connectivity index (χ0v) is 34.8. The van der Waals surface area contributed by atoms with Crippen LogP contribution in [0.1, 0.15) is 200 Å². The molecule has 0 radical (unpaired) electrons. The SMILES string of the molecule is CCCCCCCC/C=C\CCCCCCCCCC(=O)O[C@H](CO/C=C\CCCCCCCCCCCCCC)COP(=O)(O)OC[C@H](N)C(=O)O. The predicted molar refractivity (Wildman–Crippen MR) is 217 cm³/mol. The molecule has 312 valence electrons. The second-order valence-corrected chi connectivity index (χ2v) is 16.0. The highest BCUT2D eigenvalue weighted by Gasteiger charge is 2.27. The van der Waals surface area contributed by atoms with Gasteiger partial charge in [-0.25, -0.2) is 4.57 Å². The Bertz CT molecular complexity index is 946. The van der Waals surface area contributed by atoms with Crippen molar-refractivity contribution in [2.45, 2.75) is 212 Å². The molecule has 4 N–H and O–H groups in total. The van der Waals surface area contributed by atoms with Crippen LogP contribution in [0.2, 0.25) is 0 Å². The molecule has 0 aliphatic heterocycles. The minimum absolute atomic E-state index is 0.0659. The number of carbonyl (C=O) groups excluding carboxylic acids is 1. The average molecular weight is 774 g/mol. The van der Waals surface area contributed by atoms with Crippen molar-refractivity contribution >= 4 is 19.8 Å². The molecule has 0 aliphatic carbocycles. The van der Waals surface area contributed by atoms with Crippen LogP contribution >= 0.6 is 7.82 Å². The molecule has 0 bridgehead atoms. The van der Waals surface area contributed by atoms with Crippen molar-refractivity contribution in [1.82, 2.24) is 0 Å². The van der Waals surface area contributed by atoms with E-state index in [0.717, 1.165) is 38.5 Å². The van der Waals surface area contributed by atoms with Crippen LogP contribution in [-0.4, -0.2) is 53.9 Å². The number of hydrogen-bond acceptors (Lipinski definition) is 8. The molecule has 0 aliphatic rings. The third kappa shape index (κ3) is 38.4. The van der Waals surface area contributed by atoms with Gasteiger partial charge in [-0.05, 0) is 51.0 Å². The van der Waals surface area contributed by atoms with Crippen LogP contribution in [0.25, 0.3) is 0 Å². The summed E-state index contributed by atoms with van der Waals surface area (Å²) in [5.41, 5.74) is 5.34. The zero-order chi connectivity index (χ0) is 39.1. The number of allylic oxidation sites excluding steroid dienone is 3.